The maximum Gasteiger partial charge on any atom is 0.176 e. The lowest BCUT2D eigenvalue weighted by atomic mass is 9.96. The van der Waals surface area contributed by atoms with Gasteiger partial charge in [0.2, 0.25) is 0 Å². The fourth-order valence-electron chi connectivity index (χ4n) is 2.95. The third kappa shape index (κ3) is 3.75. The second kappa shape index (κ2) is 8.35. The van der Waals surface area contributed by atoms with E-state index in [1.165, 1.54) is 16.9 Å². The van der Waals surface area contributed by atoms with Gasteiger partial charge < -0.3 is 9.47 Å². The Labute approximate surface area is 164 Å². The molecule has 5 nitrogen and oxygen atoms in total. The molecule has 0 saturated carbocycles. The fourth-order valence-corrected chi connectivity index (χ4v) is 4.71. The molecule has 1 heterocycles. The number of hydrogen-bond donors (Lipinski definition) is 0. The summed E-state index contributed by atoms with van der Waals surface area (Å²) in [6.45, 7) is -0.0608. The Hall–Kier alpha value is -2.35. The molecule has 0 saturated heterocycles. The Morgan fingerprint density at radius 3 is 2.85 bits per heavy atom. The van der Waals surface area contributed by atoms with Crippen molar-refractivity contribution in [1.82, 2.24) is 0 Å². The molecule has 0 radical (unpaired) electrons. The molecule has 3 rings (SSSR count). The highest BCUT2D eigenvalue weighted by atomic mass is 79.9. The molecule has 0 bridgehead atoms. The van der Waals surface area contributed by atoms with Gasteiger partial charge in [-0.25, -0.2) is 4.99 Å². The molecule has 7 heteroatoms. The van der Waals surface area contributed by atoms with E-state index in [0.29, 0.717) is 21.5 Å². The number of aryl methyl sites for hydroxylation is 1. The van der Waals surface area contributed by atoms with Gasteiger partial charge >= 0.3 is 0 Å². The van der Waals surface area contributed by atoms with E-state index < -0.39 is 0 Å². The topological polar surface area (TPSA) is 78.4 Å². The maximum atomic E-state index is 9.52. The summed E-state index contributed by atoms with van der Waals surface area (Å²) in [6.07, 6.45) is 6.04. The first-order chi connectivity index (χ1) is 12.7. The highest BCUT2D eigenvalue weighted by Gasteiger charge is 2.20. The van der Waals surface area contributed by atoms with Gasteiger partial charge in [0.1, 0.15) is 17.1 Å². The van der Waals surface area contributed by atoms with Crippen molar-refractivity contribution >= 4 is 38.5 Å². The van der Waals surface area contributed by atoms with Crippen LogP contribution in [0.5, 0.6) is 11.5 Å². The summed E-state index contributed by atoms with van der Waals surface area (Å²) in [5, 5.41) is 19.0. The number of methoxy groups -OCH3 is 1. The molecule has 0 spiro atoms. The van der Waals surface area contributed by atoms with Gasteiger partial charge in [-0.05, 0) is 64.9 Å². The van der Waals surface area contributed by atoms with Crippen LogP contribution in [0.15, 0.2) is 21.6 Å². The standard InChI is InChI=1S/C19H16BrN3O2S/c1-24-16-9-12(8-15(20)18(16)25-7-6-21)11-23-19-14(10-22)13-4-2-3-5-17(13)26-19/h8-9,11H,2-5,7H2,1H3/b23-11+. The van der Waals surface area contributed by atoms with Gasteiger partial charge in [-0.3, -0.25) is 0 Å². The minimum atomic E-state index is -0.0608. The van der Waals surface area contributed by atoms with E-state index in [9.17, 15) is 5.26 Å². The van der Waals surface area contributed by atoms with Crippen LogP contribution in [0.1, 0.15) is 34.4 Å². The Kier molecular flexibility index (Phi) is 5.92. The van der Waals surface area contributed by atoms with E-state index in [2.05, 4.69) is 27.0 Å². The largest absolute Gasteiger partial charge is 0.493 e. The first kappa shape index (κ1) is 18.4. The van der Waals surface area contributed by atoms with Gasteiger partial charge in [0, 0.05) is 11.1 Å². The minimum Gasteiger partial charge on any atom is -0.493 e. The Morgan fingerprint density at radius 2 is 2.12 bits per heavy atom. The van der Waals surface area contributed by atoms with Crippen molar-refractivity contribution < 1.29 is 9.47 Å². The van der Waals surface area contributed by atoms with E-state index in [0.717, 1.165) is 29.8 Å². The SMILES string of the molecule is COc1cc(/C=N/c2sc3c(c2C#N)CCCC3)cc(Br)c1OCC#N. The van der Waals surface area contributed by atoms with Crippen molar-refractivity contribution in [2.24, 2.45) is 4.99 Å². The minimum absolute atomic E-state index is 0.0608. The zero-order chi connectivity index (χ0) is 18.5. The lowest BCUT2D eigenvalue weighted by molar-refractivity contribution is 0.327. The molecular weight excluding hydrogens is 414 g/mol. The predicted molar refractivity (Wildman–Crippen MR) is 105 cm³/mol. The summed E-state index contributed by atoms with van der Waals surface area (Å²) in [5.74, 6) is 0.998. The lowest BCUT2D eigenvalue weighted by Crippen LogP contribution is -1.99. The molecule has 1 aromatic heterocycles. The Morgan fingerprint density at radius 1 is 1.31 bits per heavy atom. The summed E-state index contributed by atoms with van der Waals surface area (Å²) < 4.78 is 11.4. The number of fused-ring (bicyclic) bond motifs is 1. The normalized spacial score (nSPS) is 13.1. The first-order valence-corrected chi connectivity index (χ1v) is 9.74. The third-order valence-corrected chi connectivity index (χ3v) is 5.92. The summed E-state index contributed by atoms with van der Waals surface area (Å²) in [7, 11) is 1.54. The zero-order valence-electron chi connectivity index (χ0n) is 14.2. The lowest BCUT2D eigenvalue weighted by Gasteiger charge is -2.11. The molecule has 0 amide bonds. The maximum absolute atomic E-state index is 9.52. The summed E-state index contributed by atoms with van der Waals surface area (Å²) in [5.41, 5.74) is 2.70. The van der Waals surface area contributed by atoms with Crippen molar-refractivity contribution in [1.29, 1.82) is 10.5 Å². The number of rotatable bonds is 5. The van der Waals surface area contributed by atoms with Gasteiger partial charge in [0.25, 0.3) is 0 Å². The second-order valence-electron chi connectivity index (χ2n) is 5.74. The predicted octanol–water partition coefficient (Wildman–Crippen LogP) is 4.92. The number of nitriles is 2. The van der Waals surface area contributed by atoms with Gasteiger partial charge in [0.05, 0.1) is 17.1 Å². The average Bonchev–Trinajstić information content (AvgIpc) is 3.02. The molecule has 132 valence electrons. The Bertz CT molecular complexity index is 938. The number of aliphatic imine (C=N–C) groups is 1. The molecule has 1 aliphatic carbocycles. The van der Waals surface area contributed by atoms with Crippen LogP contribution in [-0.4, -0.2) is 19.9 Å². The number of hydrogen-bond acceptors (Lipinski definition) is 6. The molecule has 0 N–H and O–H groups in total. The molecule has 0 aliphatic heterocycles. The average molecular weight is 430 g/mol. The van der Waals surface area contributed by atoms with Crippen molar-refractivity contribution in [2.75, 3.05) is 13.7 Å². The van der Waals surface area contributed by atoms with E-state index in [-0.39, 0.29) is 6.61 Å². The van der Waals surface area contributed by atoms with E-state index >= 15 is 0 Å². The quantitative estimate of drug-likeness (QED) is 0.631. The smallest absolute Gasteiger partial charge is 0.176 e. The van der Waals surface area contributed by atoms with E-state index in [4.69, 9.17) is 14.7 Å². The molecule has 1 aliphatic rings. The summed E-state index contributed by atoms with van der Waals surface area (Å²) in [4.78, 5) is 5.85. The monoisotopic (exact) mass is 429 g/mol. The van der Waals surface area contributed by atoms with Crippen LogP contribution in [0, 0.1) is 22.7 Å². The van der Waals surface area contributed by atoms with Gasteiger partial charge in [-0.15, -0.1) is 11.3 Å². The molecule has 0 fully saturated rings. The number of halogens is 1. The van der Waals surface area contributed by atoms with Crippen LogP contribution < -0.4 is 9.47 Å². The van der Waals surface area contributed by atoms with E-state index in [1.54, 1.807) is 30.7 Å². The van der Waals surface area contributed by atoms with Crippen molar-refractivity contribution in [3.05, 3.63) is 38.2 Å². The third-order valence-electron chi connectivity index (χ3n) is 4.13. The fraction of sp³-hybridized carbons (Fsp3) is 0.316. The van der Waals surface area contributed by atoms with Crippen LogP contribution in [0.2, 0.25) is 0 Å². The highest BCUT2D eigenvalue weighted by molar-refractivity contribution is 9.10. The Balaban J connectivity index is 1.92. The highest BCUT2D eigenvalue weighted by Crippen LogP contribution is 2.40. The number of nitrogens with zero attached hydrogens (tertiary/aromatic N) is 3. The van der Waals surface area contributed by atoms with Crippen molar-refractivity contribution in [2.45, 2.75) is 25.7 Å². The molecule has 1 aromatic carbocycles. The van der Waals surface area contributed by atoms with Crippen molar-refractivity contribution in [3.63, 3.8) is 0 Å². The molecule has 2 aromatic rings. The zero-order valence-corrected chi connectivity index (χ0v) is 16.6. The van der Waals surface area contributed by atoms with E-state index in [1.807, 2.05) is 12.1 Å². The van der Waals surface area contributed by atoms with Crippen LogP contribution in [0.4, 0.5) is 5.00 Å². The number of thiophene rings is 1. The van der Waals surface area contributed by atoms with Crippen molar-refractivity contribution in [3.8, 4) is 23.6 Å². The summed E-state index contributed by atoms with van der Waals surface area (Å²) in [6, 6.07) is 7.89. The number of ether oxygens (including phenoxy) is 2. The van der Waals surface area contributed by atoms with Crippen LogP contribution in [-0.2, 0) is 12.8 Å². The van der Waals surface area contributed by atoms with Crippen LogP contribution in [0.3, 0.4) is 0 Å². The van der Waals surface area contributed by atoms with Gasteiger partial charge in [-0.2, -0.15) is 10.5 Å². The van der Waals surface area contributed by atoms with Gasteiger partial charge in [-0.1, -0.05) is 0 Å². The molecule has 0 atom stereocenters. The number of benzene rings is 1. The van der Waals surface area contributed by atoms with Crippen LogP contribution >= 0.6 is 27.3 Å². The second-order valence-corrected chi connectivity index (χ2v) is 7.68. The molecule has 0 unspecified atom stereocenters. The molecular formula is C19H16BrN3O2S. The van der Waals surface area contributed by atoms with Gasteiger partial charge in [0.15, 0.2) is 18.1 Å². The molecule has 26 heavy (non-hydrogen) atoms. The first-order valence-electron chi connectivity index (χ1n) is 8.14. The summed E-state index contributed by atoms with van der Waals surface area (Å²) >= 11 is 5.05. The van der Waals surface area contributed by atoms with Crippen LogP contribution in [0.25, 0.3) is 0 Å².